The van der Waals surface area contributed by atoms with Crippen LogP contribution in [0, 0.1) is 0 Å². The molecule has 3 heterocycles. The number of hydrogen-bond acceptors (Lipinski definition) is 5. The van der Waals surface area contributed by atoms with Crippen molar-refractivity contribution in [3.05, 3.63) is 36.4 Å². The first-order valence-electron chi connectivity index (χ1n) is 8.23. The van der Waals surface area contributed by atoms with Crippen molar-refractivity contribution in [1.82, 2.24) is 19.7 Å². The van der Waals surface area contributed by atoms with Gasteiger partial charge < -0.3 is 18.9 Å². The van der Waals surface area contributed by atoms with Crippen molar-refractivity contribution in [2.24, 2.45) is 7.05 Å². The van der Waals surface area contributed by atoms with Crippen molar-refractivity contribution in [2.75, 3.05) is 19.7 Å². The Hall–Kier alpha value is -2.57. The number of rotatable bonds is 2. The molecule has 0 unspecified atom stereocenters. The van der Waals surface area contributed by atoms with E-state index in [1.165, 1.54) is 0 Å². The highest BCUT2D eigenvalue weighted by atomic mass is 16.6. The molecule has 0 aliphatic carbocycles. The Morgan fingerprint density at radius 3 is 2.67 bits per heavy atom. The van der Waals surface area contributed by atoms with Crippen LogP contribution in [0.2, 0.25) is 0 Å². The molecule has 1 fully saturated rings. The van der Waals surface area contributed by atoms with Gasteiger partial charge in [-0.15, -0.1) is 10.2 Å². The SMILES string of the molecule is Cn1cnnc1C1CCN(C(=O)[C@H]2COc3ccccc3O2)CC1. The fourth-order valence-electron chi connectivity index (χ4n) is 3.36. The quantitative estimate of drug-likeness (QED) is 0.832. The first-order chi connectivity index (χ1) is 11.7. The normalized spacial score (nSPS) is 20.9. The second kappa shape index (κ2) is 6.14. The van der Waals surface area contributed by atoms with Crippen molar-refractivity contribution >= 4 is 5.91 Å². The Kier molecular flexibility index (Phi) is 3.84. The van der Waals surface area contributed by atoms with Crippen molar-refractivity contribution in [1.29, 1.82) is 0 Å². The number of para-hydroxylation sites is 2. The summed E-state index contributed by atoms with van der Waals surface area (Å²) in [7, 11) is 1.96. The molecule has 0 radical (unpaired) electrons. The van der Waals surface area contributed by atoms with E-state index in [0.29, 0.717) is 30.5 Å². The monoisotopic (exact) mass is 328 g/mol. The Balaban J connectivity index is 1.38. The predicted molar refractivity (Wildman–Crippen MR) is 85.9 cm³/mol. The van der Waals surface area contributed by atoms with E-state index >= 15 is 0 Å². The number of likely N-dealkylation sites (tertiary alicyclic amines) is 1. The van der Waals surface area contributed by atoms with Crippen LogP contribution in [0.25, 0.3) is 0 Å². The van der Waals surface area contributed by atoms with Crippen molar-refractivity contribution < 1.29 is 14.3 Å². The summed E-state index contributed by atoms with van der Waals surface area (Å²) < 4.78 is 13.4. The van der Waals surface area contributed by atoms with Crippen LogP contribution in [0.15, 0.2) is 30.6 Å². The summed E-state index contributed by atoms with van der Waals surface area (Å²) in [6.07, 6.45) is 2.94. The zero-order valence-electron chi connectivity index (χ0n) is 13.6. The van der Waals surface area contributed by atoms with Gasteiger partial charge >= 0.3 is 0 Å². The fraction of sp³-hybridized carbons (Fsp3) is 0.471. The minimum Gasteiger partial charge on any atom is -0.485 e. The Morgan fingerprint density at radius 1 is 1.21 bits per heavy atom. The van der Waals surface area contributed by atoms with Crippen LogP contribution < -0.4 is 9.47 Å². The number of nitrogens with zero attached hydrogens (tertiary/aromatic N) is 4. The molecule has 2 aliphatic heterocycles. The maximum absolute atomic E-state index is 12.7. The Morgan fingerprint density at radius 2 is 1.96 bits per heavy atom. The smallest absolute Gasteiger partial charge is 0.267 e. The highest BCUT2D eigenvalue weighted by Gasteiger charge is 2.34. The van der Waals surface area contributed by atoms with E-state index in [2.05, 4.69) is 10.2 Å². The van der Waals surface area contributed by atoms with E-state index in [4.69, 9.17) is 9.47 Å². The van der Waals surface area contributed by atoms with Crippen molar-refractivity contribution in [2.45, 2.75) is 24.9 Å². The number of fused-ring (bicyclic) bond motifs is 1. The molecule has 7 heteroatoms. The molecule has 1 atom stereocenters. The molecule has 24 heavy (non-hydrogen) atoms. The van der Waals surface area contributed by atoms with Gasteiger partial charge in [-0.25, -0.2) is 0 Å². The lowest BCUT2D eigenvalue weighted by Crippen LogP contribution is -2.49. The van der Waals surface area contributed by atoms with Crippen LogP contribution >= 0.6 is 0 Å². The van der Waals surface area contributed by atoms with Gasteiger partial charge in [-0.05, 0) is 25.0 Å². The summed E-state index contributed by atoms with van der Waals surface area (Å²) in [6.45, 7) is 1.68. The molecule has 0 saturated carbocycles. The average Bonchev–Trinajstić information content (AvgIpc) is 3.07. The highest BCUT2D eigenvalue weighted by molar-refractivity contribution is 5.82. The van der Waals surface area contributed by atoms with E-state index in [-0.39, 0.29) is 12.5 Å². The molecule has 1 saturated heterocycles. The number of ether oxygens (including phenoxy) is 2. The second-order valence-electron chi connectivity index (χ2n) is 6.26. The molecular formula is C17H20N4O3. The molecule has 2 aliphatic rings. The first kappa shape index (κ1) is 15.0. The number of carbonyl (C=O) groups is 1. The van der Waals surface area contributed by atoms with Crippen LogP contribution in [0.1, 0.15) is 24.6 Å². The summed E-state index contributed by atoms with van der Waals surface area (Å²) in [5, 5.41) is 8.13. The van der Waals surface area contributed by atoms with Gasteiger partial charge in [-0.3, -0.25) is 4.79 Å². The molecule has 0 N–H and O–H groups in total. The van der Waals surface area contributed by atoms with E-state index < -0.39 is 6.10 Å². The second-order valence-corrected chi connectivity index (χ2v) is 6.26. The molecule has 0 spiro atoms. The minimum absolute atomic E-state index is 0.000850. The Labute approximate surface area is 140 Å². The lowest BCUT2D eigenvalue weighted by molar-refractivity contribution is -0.142. The number of amides is 1. The van der Waals surface area contributed by atoms with Crippen molar-refractivity contribution in [3.63, 3.8) is 0 Å². The van der Waals surface area contributed by atoms with E-state index in [9.17, 15) is 4.79 Å². The topological polar surface area (TPSA) is 69.5 Å². The lowest BCUT2D eigenvalue weighted by Gasteiger charge is -2.35. The number of aryl methyl sites for hydroxylation is 1. The molecule has 7 nitrogen and oxygen atoms in total. The minimum atomic E-state index is -0.564. The van der Waals surface area contributed by atoms with E-state index in [0.717, 1.165) is 18.7 Å². The fourth-order valence-corrected chi connectivity index (χ4v) is 3.36. The van der Waals surface area contributed by atoms with Gasteiger partial charge in [0, 0.05) is 26.1 Å². The summed E-state index contributed by atoms with van der Waals surface area (Å²) >= 11 is 0. The zero-order chi connectivity index (χ0) is 16.5. The predicted octanol–water partition coefficient (Wildman–Crippen LogP) is 1.36. The van der Waals surface area contributed by atoms with Gasteiger partial charge in [0.2, 0.25) is 6.10 Å². The van der Waals surface area contributed by atoms with Gasteiger partial charge in [0.15, 0.2) is 11.5 Å². The highest BCUT2D eigenvalue weighted by Crippen LogP contribution is 2.32. The largest absolute Gasteiger partial charge is 0.485 e. The third kappa shape index (κ3) is 2.70. The van der Waals surface area contributed by atoms with Gasteiger partial charge in [-0.2, -0.15) is 0 Å². The van der Waals surface area contributed by atoms with E-state index in [1.54, 1.807) is 6.33 Å². The van der Waals surface area contributed by atoms with Gasteiger partial charge in [0.25, 0.3) is 5.91 Å². The molecule has 0 bridgehead atoms. The average molecular weight is 328 g/mol. The van der Waals surface area contributed by atoms with Gasteiger partial charge in [0.1, 0.15) is 18.8 Å². The molecular weight excluding hydrogens is 308 g/mol. The number of carbonyl (C=O) groups excluding carboxylic acids is 1. The summed E-state index contributed by atoms with van der Waals surface area (Å²) in [6, 6.07) is 7.44. The van der Waals surface area contributed by atoms with E-state index in [1.807, 2.05) is 40.8 Å². The third-order valence-electron chi connectivity index (χ3n) is 4.70. The van der Waals surface area contributed by atoms with Crippen LogP contribution in [0.5, 0.6) is 11.5 Å². The number of aromatic nitrogens is 3. The van der Waals surface area contributed by atoms with Crippen LogP contribution in [-0.4, -0.2) is 51.4 Å². The first-order valence-corrected chi connectivity index (χ1v) is 8.23. The van der Waals surface area contributed by atoms with Crippen LogP contribution in [0.4, 0.5) is 0 Å². The summed E-state index contributed by atoms with van der Waals surface area (Å²) in [4.78, 5) is 14.6. The number of hydrogen-bond donors (Lipinski definition) is 0. The maximum atomic E-state index is 12.7. The molecule has 4 rings (SSSR count). The standard InChI is InChI=1S/C17H20N4O3/c1-20-11-18-19-16(20)12-6-8-21(9-7-12)17(22)15-10-23-13-4-2-3-5-14(13)24-15/h2-5,11-12,15H,6-10H2,1H3/t15-/m1/s1. The lowest BCUT2D eigenvalue weighted by atomic mass is 9.95. The molecule has 1 aromatic carbocycles. The van der Waals surface area contributed by atoms with Gasteiger partial charge in [-0.1, -0.05) is 12.1 Å². The van der Waals surface area contributed by atoms with Crippen molar-refractivity contribution in [3.8, 4) is 11.5 Å². The molecule has 1 amide bonds. The molecule has 1 aromatic heterocycles. The molecule has 126 valence electrons. The van der Waals surface area contributed by atoms with Crippen LogP contribution in [0.3, 0.4) is 0 Å². The van der Waals surface area contributed by atoms with Crippen LogP contribution in [-0.2, 0) is 11.8 Å². The zero-order valence-corrected chi connectivity index (χ0v) is 13.6. The maximum Gasteiger partial charge on any atom is 0.267 e. The third-order valence-corrected chi connectivity index (χ3v) is 4.70. The Bertz CT molecular complexity index is 737. The van der Waals surface area contributed by atoms with Gasteiger partial charge in [0.05, 0.1) is 0 Å². The summed E-state index contributed by atoms with van der Waals surface area (Å²) in [5.74, 6) is 2.68. The molecule has 2 aromatic rings. The number of benzene rings is 1. The summed E-state index contributed by atoms with van der Waals surface area (Å²) in [5.41, 5.74) is 0. The number of piperidine rings is 1.